The molecule has 12 heteroatoms. The number of nitro benzene ring substituents is 1. The molecule has 2 aromatic carbocycles. The van der Waals surface area contributed by atoms with Gasteiger partial charge in [-0.25, -0.2) is 9.97 Å². The molecule has 3 N–H and O–H groups in total. The van der Waals surface area contributed by atoms with Gasteiger partial charge in [-0.1, -0.05) is 32.0 Å². The van der Waals surface area contributed by atoms with Crippen LogP contribution in [0.4, 0.5) is 28.7 Å². The van der Waals surface area contributed by atoms with Crippen LogP contribution in [0.2, 0.25) is 0 Å². The van der Waals surface area contributed by atoms with Gasteiger partial charge in [0.05, 0.1) is 9.85 Å². The number of hydrogen-bond acceptors (Lipinski definition) is 9. The number of benzene rings is 2. The van der Waals surface area contributed by atoms with Gasteiger partial charge in [-0.2, -0.15) is 0 Å². The van der Waals surface area contributed by atoms with Gasteiger partial charge in [0.2, 0.25) is 11.6 Å². The summed E-state index contributed by atoms with van der Waals surface area (Å²) in [6.07, 6.45) is 1.10. The average molecular weight is 437 g/mol. The van der Waals surface area contributed by atoms with Crippen LogP contribution in [0.25, 0.3) is 0 Å². The first kappa shape index (κ1) is 22.1. The van der Waals surface area contributed by atoms with Gasteiger partial charge in [-0.05, 0) is 29.7 Å². The summed E-state index contributed by atoms with van der Waals surface area (Å²) in [4.78, 5) is 41.3. The van der Waals surface area contributed by atoms with Crippen LogP contribution in [-0.2, 0) is 0 Å². The Bertz CT molecular complexity index is 1170. The summed E-state index contributed by atoms with van der Waals surface area (Å²) in [6.45, 7) is 4.11. The number of nitrogens with zero attached hydrogens (tertiary/aromatic N) is 4. The van der Waals surface area contributed by atoms with E-state index in [9.17, 15) is 25.0 Å². The largest absolute Gasteiger partial charge is 0.355 e. The Morgan fingerprint density at radius 1 is 0.969 bits per heavy atom. The summed E-state index contributed by atoms with van der Waals surface area (Å²) < 4.78 is 0. The lowest BCUT2D eigenvalue weighted by Gasteiger charge is -2.12. The molecule has 0 bridgehead atoms. The predicted molar refractivity (Wildman–Crippen MR) is 117 cm³/mol. The van der Waals surface area contributed by atoms with E-state index in [2.05, 4.69) is 40.0 Å². The van der Waals surface area contributed by atoms with Crippen molar-refractivity contribution in [1.29, 1.82) is 0 Å². The fourth-order valence-electron chi connectivity index (χ4n) is 2.77. The van der Waals surface area contributed by atoms with E-state index >= 15 is 0 Å². The summed E-state index contributed by atoms with van der Waals surface area (Å²) in [6, 6.07) is 12.4. The molecule has 0 unspecified atom stereocenters. The number of carbonyl (C=O) groups excluding carboxylic acids is 1. The van der Waals surface area contributed by atoms with E-state index in [0.717, 1.165) is 18.0 Å². The van der Waals surface area contributed by atoms with Gasteiger partial charge in [0.25, 0.3) is 11.6 Å². The molecular formula is C20H19N7O5. The molecule has 12 nitrogen and oxygen atoms in total. The van der Waals surface area contributed by atoms with E-state index in [1.807, 2.05) is 12.1 Å². The van der Waals surface area contributed by atoms with Crippen LogP contribution in [0.5, 0.6) is 0 Å². The van der Waals surface area contributed by atoms with E-state index in [1.54, 1.807) is 12.1 Å². The lowest BCUT2D eigenvalue weighted by Crippen LogP contribution is -2.30. The maximum Gasteiger partial charge on any atom is 0.355 e. The van der Waals surface area contributed by atoms with Crippen LogP contribution in [0, 0.1) is 20.2 Å². The van der Waals surface area contributed by atoms with Crippen LogP contribution in [0.3, 0.4) is 0 Å². The molecule has 1 amide bonds. The number of amides is 1. The molecule has 0 fully saturated rings. The fourth-order valence-corrected chi connectivity index (χ4v) is 2.77. The van der Waals surface area contributed by atoms with Gasteiger partial charge in [0.1, 0.15) is 6.33 Å². The van der Waals surface area contributed by atoms with Crippen LogP contribution in [0.15, 0.2) is 54.9 Å². The van der Waals surface area contributed by atoms with E-state index in [0.29, 0.717) is 11.6 Å². The molecule has 0 saturated heterocycles. The lowest BCUT2D eigenvalue weighted by molar-refractivity contribution is -0.384. The highest BCUT2D eigenvalue weighted by Gasteiger charge is 2.24. The van der Waals surface area contributed by atoms with Crippen molar-refractivity contribution in [1.82, 2.24) is 15.4 Å². The topological polar surface area (TPSA) is 165 Å². The second kappa shape index (κ2) is 9.47. The number of hydrazine groups is 1. The molecule has 0 radical (unpaired) electrons. The summed E-state index contributed by atoms with van der Waals surface area (Å²) in [5.74, 6) is -0.734. The summed E-state index contributed by atoms with van der Waals surface area (Å²) >= 11 is 0. The molecule has 32 heavy (non-hydrogen) atoms. The maximum atomic E-state index is 12.3. The predicted octanol–water partition coefficient (Wildman–Crippen LogP) is 3.92. The maximum absolute atomic E-state index is 12.3. The number of non-ortho nitro benzene ring substituents is 1. The zero-order valence-corrected chi connectivity index (χ0v) is 17.1. The molecule has 0 atom stereocenters. The Morgan fingerprint density at radius 3 is 2.28 bits per heavy atom. The monoisotopic (exact) mass is 437 g/mol. The number of nitro groups is 2. The van der Waals surface area contributed by atoms with Crippen LogP contribution in [0.1, 0.15) is 35.7 Å². The molecule has 1 heterocycles. The van der Waals surface area contributed by atoms with E-state index < -0.39 is 21.4 Å². The zero-order chi connectivity index (χ0) is 23.3. The van der Waals surface area contributed by atoms with Crippen molar-refractivity contribution < 1.29 is 14.6 Å². The Labute approximate surface area is 182 Å². The Kier molecular flexibility index (Phi) is 6.53. The zero-order valence-electron chi connectivity index (χ0n) is 17.1. The van der Waals surface area contributed by atoms with Crippen LogP contribution in [-0.4, -0.2) is 25.7 Å². The number of carbonyl (C=O) groups is 1. The highest BCUT2D eigenvalue weighted by Crippen LogP contribution is 2.31. The van der Waals surface area contributed by atoms with Crippen LogP contribution < -0.4 is 16.2 Å². The van der Waals surface area contributed by atoms with Crippen molar-refractivity contribution in [2.24, 2.45) is 0 Å². The second-order valence-electron chi connectivity index (χ2n) is 6.96. The van der Waals surface area contributed by atoms with Crippen molar-refractivity contribution in [3.05, 3.63) is 86.2 Å². The van der Waals surface area contributed by atoms with Gasteiger partial charge in [-0.3, -0.25) is 35.9 Å². The van der Waals surface area contributed by atoms with Crippen LogP contribution >= 0.6 is 0 Å². The van der Waals surface area contributed by atoms with Crippen molar-refractivity contribution >= 4 is 34.6 Å². The third-order valence-electron chi connectivity index (χ3n) is 4.46. The molecule has 0 aliphatic rings. The molecule has 0 spiro atoms. The van der Waals surface area contributed by atoms with Crippen molar-refractivity contribution in [3.63, 3.8) is 0 Å². The molecule has 0 aliphatic carbocycles. The number of anilines is 3. The molecule has 3 aromatic rings. The highest BCUT2D eigenvalue weighted by molar-refractivity contribution is 5.95. The third-order valence-corrected chi connectivity index (χ3v) is 4.46. The first-order chi connectivity index (χ1) is 15.3. The fraction of sp³-hybridized carbons (Fsp3) is 0.150. The number of nitrogens with one attached hydrogen (secondary N) is 3. The summed E-state index contributed by atoms with van der Waals surface area (Å²) in [5.41, 5.74) is 5.58. The smallest absolute Gasteiger partial charge is 0.334 e. The second-order valence-corrected chi connectivity index (χ2v) is 6.96. The number of hydrogen-bond donors (Lipinski definition) is 3. The van der Waals surface area contributed by atoms with Crippen molar-refractivity contribution in [2.45, 2.75) is 19.8 Å². The van der Waals surface area contributed by atoms with Gasteiger partial charge < -0.3 is 5.32 Å². The van der Waals surface area contributed by atoms with Gasteiger partial charge in [0.15, 0.2) is 0 Å². The Hall–Kier alpha value is -4.61. The highest BCUT2D eigenvalue weighted by atomic mass is 16.6. The molecule has 3 rings (SSSR count). The number of rotatable bonds is 8. The Morgan fingerprint density at radius 2 is 1.66 bits per heavy atom. The normalized spacial score (nSPS) is 10.5. The van der Waals surface area contributed by atoms with E-state index in [-0.39, 0.29) is 22.9 Å². The van der Waals surface area contributed by atoms with Gasteiger partial charge >= 0.3 is 5.69 Å². The summed E-state index contributed by atoms with van der Waals surface area (Å²) in [5, 5.41) is 25.4. The molecular weight excluding hydrogens is 418 g/mol. The lowest BCUT2D eigenvalue weighted by atomic mass is 10.0. The van der Waals surface area contributed by atoms with E-state index in [4.69, 9.17) is 0 Å². The number of aromatic nitrogens is 2. The first-order valence-electron chi connectivity index (χ1n) is 9.43. The molecule has 0 saturated carbocycles. The standard InChI is InChI=1S/C20H19N7O5/c1-12(2)13-6-8-15(9-7-13)23-18-17(27(31)32)19(22-11-21-18)24-25-20(28)14-4-3-5-16(10-14)26(29)30/h3-12H,1-2H3,(H,25,28)(H2,21,22,23,24). The summed E-state index contributed by atoms with van der Waals surface area (Å²) in [7, 11) is 0. The average Bonchev–Trinajstić information content (AvgIpc) is 2.77. The minimum atomic E-state index is -0.736. The van der Waals surface area contributed by atoms with Crippen molar-refractivity contribution in [2.75, 3.05) is 10.7 Å². The van der Waals surface area contributed by atoms with Crippen molar-refractivity contribution in [3.8, 4) is 0 Å². The molecule has 0 aliphatic heterocycles. The Balaban J connectivity index is 1.80. The minimum absolute atomic E-state index is 0.00741. The van der Waals surface area contributed by atoms with E-state index in [1.165, 1.54) is 18.2 Å². The molecule has 1 aromatic heterocycles. The third kappa shape index (κ3) is 5.11. The first-order valence-corrected chi connectivity index (χ1v) is 9.43. The molecule has 164 valence electrons. The minimum Gasteiger partial charge on any atom is -0.334 e. The van der Waals surface area contributed by atoms with Gasteiger partial charge in [-0.15, -0.1) is 0 Å². The van der Waals surface area contributed by atoms with Gasteiger partial charge in [0, 0.05) is 23.4 Å². The quantitative estimate of drug-likeness (QED) is 0.350. The SMILES string of the molecule is CC(C)c1ccc(Nc2ncnc(NNC(=O)c3cccc([N+](=O)[O-])c3)c2[N+](=O)[O-])cc1.